The number of rotatable bonds is 9. The van der Waals surface area contributed by atoms with E-state index in [0.717, 1.165) is 43.9 Å². The number of benzene rings is 2. The average Bonchev–Trinajstić information content (AvgIpc) is 3.78. The van der Waals surface area contributed by atoms with Crippen molar-refractivity contribution in [3.63, 3.8) is 0 Å². The summed E-state index contributed by atoms with van der Waals surface area (Å²) in [5.74, 6) is 1.02. The van der Waals surface area contributed by atoms with Crippen LogP contribution in [0.5, 0.6) is 0 Å². The van der Waals surface area contributed by atoms with Gasteiger partial charge in [-0.05, 0) is 74.3 Å². The summed E-state index contributed by atoms with van der Waals surface area (Å²) in [6.07, 6.45) is 3.14. The second-order valence-corrected chi connectivity index (χ2v) is 16.8. The van der Waals surface area contributed by atoms with E-state index < -0.39 is 23.7 Å². The molecule has 4 aliphatic heterocycles. The molecule has 2 aromatic carbocycles. The molecular formula is C40H44ClN9O6S. The molecular weight excluding hydrogens is 770 g/mol. The van der Waals surface area contributed by atoms with Crippen molar-refractivity contribution in [3.05, 3.63) is 86.6 Å². The standard InChI is InChI=1S/C40H44ClN9O6S/c1-22-4-3-5-28(41)35(22)47-37(54)30-18-42-39(57-30)45-32-17-33(44-23(2)43-32)49-13-10-24(11-14-49)19-48-15-12-40(56,31(51)21-48)26-6-7-27-25(16-26)20-50(38(27)55)29-8-9-34(52)46-36(29)53/h3-7,16-18,24,29,31,51,56H,8-15,19-21H2,1-2H3,(H,47,54)(H,46,52,53)(H,42,43,44,45)/t29?,31-,40-/m0/s1. The fraction of sp³-hybridized carbons (Fsp3) is 0.425. The summed E-state index contributed by atoms with van der Waals surface area (Å²) >= 11 is 7.51. The van der Waals surface area contributed by atoms with E-state index in [1.54, 1.807) is 24.3 Å². The Morgan fingerprint density at radius 3 is 2.63 bits per heavy atom. The molecule has 15 nitrogen and oxygen atoms in total. The number of aliphatic hydroxyl groups is 2. The largest absolute Gasteiger partial charge is 0.388 e. The Morgan fingerprint density at radius 1 is 1.07 bits per heavy atom. The van der Waals surface area contributed by atoms with Gasteiger partial charge in [-0.15, -0.1) is 0 Å². The molecule has 4 aliphatic rings. The van der Waals surface area contributed by atoms with Crippen LogP contribution >= 0.6 is 22.9 Å². The van der Waals surface area contributed by atoms with Crippen LogP contribution in [0.15, 0.2) is 48.7 Å². The predicted octanol–water partition coefficient (Wildman–Crippen LogP) is 4.13. The van der Waals surface area contributed by atoms with Gasteiger partial charge in [0, 0.05) is 57.3 Å². The third kappa shape index (κ3) is 7.96. The van der Waals surface area contributed by atoms with Gasteiger partial charge >= 0.3 is 0 Å². The quantitative estimate of drug-likeness (QED) is 0.152. The van der Waals surface area contributed by atoms with Crippen LogP contribution in [0.3, 0.4) is 0 Å². The highest BCUT2D eigenvalue weighted by molar-refractivity contribution is 7.17. The Labute approximate surface area is 338 Å². The van der Waals surface area contributed by atoms with E-state index in [2.05, 4.69) is 35.7 Å². The minimum atomic E-state index is -1.47. The Bertz CT molecular complexity index is 2230. The highest BCUT2D eigenvalue weighted by Gasteiger charge is 2.44. The van der Waals surface area contributed by atoms with E-state index in [1.807, 2.05) is 32.0 Å². The molecule has 8 rings (SSSR count). The number of thiazole rings is 1. The predicted molar refractivity (Wildman–Crippen MR) is 215 cm³/mol. The van der Waals surface area contributed by atoms with Crippen LogP contribution in [-0.2, 0) is 21.7 Å². The molecule has 0 saturated carbocycles. The lowest BCUT2D eigenvalue weighted by atomic mass is 9.80. The zero-order valence-corrected chi connectivity index (χ0v) is 33.2. The summed E-state index contributed by atoms with van der Waals surface area (Å²) in [7, 11) is 0. The van der Waals surface area contributed by atoms with Gasteiger partial charge in [-0.3, -0.25) is 24.5 Å². The lowest BCUT2D eigenvalue weighted by molar-refractivity contribution is -0.136. The Hall–Kier alpha value is -5.00. The van der Waals surface area contributed by atoms with Gasteiger partial charge in [-0.25, -0.2) is 15.0 Å². The second-order valence-electron chi connectivity index (χ2n) is 15.4. The highest BCUT2D eigenvalue weighted by atomic mass is 35.5. The number of imide groups is 1. The van der Waals surface area contributed by atoms with Crippen molar-refractivity contribution in [2.45, 2.75) is 70.2 Å². The molecule has 3 fully saturated rings. The Morgan fingerprint density at radius 2 is 1.88 bits per heavy atom. The summed E-state index contributed by atoms with van der Waals surface area (Å²) in [4.78, 5) is 70.3. The van der Waals surface area contributed by atoms with Crippen LogP contribution in [-0.4, -0.2) is 103 Å². The molecule has 2 aromatic heterocycles. The SMILES string of the molecule is Cc1nc(Nc2ncc(C(=O)Nc3c(C)cccc3Cl)s2)cc(N2CCC(CN3CC[C@](O)(c4ccc5c(c4)CN(C4CCC(=O)NC4=O)C5=O)[C@@H](O)C3)CC2)n1. The number of piperidine rings is 3. The molecule has 1 unspecified atom stereocenters. The maximum absolute atomic E-state index is 13.2. The van der Waals surface area contributed by atoms with Crippen LogP contribution in [0.25, 0.3) is 0 Å². The number of nitrogens with one attached hydrogen (secondary N) is 3. The zero-order valence-electron chi connectivity index (χ0n) is 31.6. The normalized spacial score (nSPS) is 23.1. The van der Waals surface area contributed by atoms with Crippen LogP contribution < -0.4 is 20.9 Å². The zero-order chi connectivity index (χ0) is 40.0. The molecule has 298 valence electrons. The number of aromatic nitrogens is 3. The molecule has 17 heteroatoms. The lowest BCUT2D eigenvalue weighted by Gasteiger charge is -2.44. The number of hydrogen-bond acceptors (Lipinski definition) is 13. The van der Waals surface area contributed by atoms with Crippen LogP contribution in [0.2, 0.25) is 5.02 Å². The summed E-state index contributed by atoms with van der Waals surface area (Å²) < 4.78 is 0. The monoisotopic (exact) mass is 813 g/mol. The second kappa shape index (κ2) is 15.7. The number of para-hydroxylation sites is 1. The Balaban J connectivity index is 0.836. The minimum absolute atomic E-state index is 0.177. The summed E-state index contributed by atoms with van der Waals surface area (Å²) in [5.41, 5.74) is 1.68. The fourth-order valence-corrected chi connectivity index (χ4v) is 9.32. The molecule has 0 bridgehead atoms. The molecule has 0 aliphatic carbocycles. The first-order chi connectivity index (χ1) is 27.3. The number of amides is 4. The van der Waals surface area contributed by atoms with Gasteiger partial charge in [0.15, 0.2) is 5.13 Å². The van der Waals surface area contributed by atoms with Crippen molar-refractivity contribution in [2.24, 2.45) is 5.92 Å². The third-order valence-electron chi connectivity index (χ3n) is 11.5. The van der Waals surface area contributed by atoms with E-state index in [4.69, 9.17) is 16.6 Å². The molecule has 4 amide bonds. The first kappa shape index (κ1) is 38.9. The topological polar surface area (TPSA) is 193 Å². The average molecular weight is 814 g/mol. The van der Waals surface area contributed by atoms with E-state index in [0.29, 0.717) is 74.5 Å². The number of halogens is 1. The number of hydrogen-bond donors (Lipinski definition) is 5. The van der Waals surface area contributed by atoms with E-state index in [-0.39, 0.29) is 37.1 Å². The first-order valence-electron chi connectivity index (χ1n) is 19.2. The number of β-amino-alcohol motifs (C(OH)–C–C–N with tert-alkyl or cyclic N) is 1. The molecule has 0 spiro atoms. The van der Waals surface area contributed by atoms with Gasteiger partial charge in [-0.1, -0.05) is 47.2 Å². The van der Waals surface area contributed by atoms with Crippen molar-refractivity contribution in [3.8, 4) is 0 Å². The molecule has 0 radical (unpaired) electrons. The first-order valence-corrected chi connectivity index (χ1v) is 20.3. The Kier molecular flexibility index (Phi) is 10.7. The maximum Gasteiger partial charge on any atom is 0.267 e. The number of carbonyl (C=O) groups is 4. The molecule has 3 atom stereocenters. The molecule has 5 N–H and O–H groups in total. The van der Waals surface area contributed by atoms with Crippen molar-refractivity contribution < 1.29 is 29.4 Å². The van der Waals surface area contributed by atoms with Crippen LogP contribution in [0.4, 0.5) is 22.5 Å². The maximum atomic E-state index is 13.2. The fourth-order valence-electron chi connectivity index (χ4n) is 8.33. The smallest absolute Gasteiger partial charge is 0.267 e. The van der Waals surface area contributed by atoms with Gasteiger partial charge in [0.2, 0.25) is 11.8 Å². The van der Waals surface area contributed by atoms with Gasteiger partial charge in [0.25, 0.3) is 11.8 Å². The van der Waals surface area contributed by atoms with E-state index >= 15 is 0 Å². The van der Waals surface area contributed by atoms with Gasteiger partial charge in [-0.2, -0.15) is 0 Å². The number of fused-ring (bicyclic) bond motifs is 1. The summed E-state index contributed by atoms with van der Waals surface area (Å²) in [5, 5.41) is 32.6. The summed E-state index contributed by atoms with van der Waals surface area (Å²) in [6, 6.07) is 11.8. The van der Waals surface area contributed by atoms with Crippen molar-refractivity contribution >= 4 is 69.0 Å². The molecule has 6 heterocycles. The number of aliphatic hydroxyl groups excluding tert-OH is 1. The van der Waals surface area contributed by atoms with Gasteiger partial charge in [0.05, 0.1) is 23.0 Å². The van der Waals surface area contributed by atoms with Crippen molar-refractivity contribution in [1.29, 1.82) is 0 Å². The van der Waals surface area contributed by atoms with Crippen LogP contribution in [0, 0.1) is 19.8 Å². The lowest BCUT2D eigenvalue weighted by Crippen LogP contribution is -2.54. The minimum Gasteiger partial charge on any atom is -0.388 e. The van der Waals surface area contributed by atoms with E-state index in [1.165, 1.54) is 22.4 Å². The van der Waals surface area contributed by atoms with Crippen LogP contribution in [0.1, 0.15) is 74.6 Å². The van der Waals surface area contributed by atoms with Crippen molar-refractivity contribution in [1.82, 2.24) is 30.1 Å². The molecule has 57 heavy (non-hydrogen) atoms. The highest BCUT2D eigenvalue weighted by Crippen LogP contribution is 2.38. The van der Waals surface area contributed by atoms with Gasteiger partial charge in [0.1, 0.15) is 34.0 Å². The van der Waals surface area contributed by atoms with E-state index in [9.17, 15) is 29.4 Å². The molecule has 4 aromatic rings. The number of carbonyl (C=O) groups excluding carboxylic acids is 4. The third-order valence-corrected chi connectivity index (χ3v) is 12.7. The number of nitrogens with zero attached hydrogens (tertiary/aromatic N) is 6. The van der Waals surface area contributed by atoms with Gasteiger partial charge < -0.3 is 35.5 Å². The molecule has 3 saturated heterocycles. The number of anilines is 4. The van der Waals surface area contributed by atoms with Crippen molar-refractivity contribution in [2.75, 3.05) is 48.3 Å². The summed E-state index contributed by atoms with van der Waals surface area (Å²) in [6.45, 7) is 7.24. The number of aryl methyl sites for hydroxylation is 2. The number of likely N-dealkylation sites (tertiary alicyclic amines) is 1.